The third kappa shape index (κ3) is 2.96. The Balaban J connectivity index is 0.00000169. The molecule has 0 fully saturated rings. The summed E-state index contributed by atoms with van der Waals surface area (Å²) in [6, 6.07) is 2.50. The van der Waals surface area contributed by atoms with Crippen molar-refractivity contribution in [3.8, 4) is 5.75 Å². The van der Waals surface area contributed by atoms with E-state index in [2.05, 4.69) is 0 Å². The Kier molecular flexibility index (Phi) is 4.61. The van der Waals surface area contributed by atoms with E-state index in [1.807, 2.05) is 0 Å². The maximum Gasteiger partial charge on any atom is 1.00 e. The number of rotatable bonds is 1. The van der Waals surface area contributed by atoms with E-state index in [1.54, 1.807) is 0 Å². The van der Waals surface area contributed by atoms with Gasteiger partial charge in [-0.3, -0.25) is 0 Å². The van der Waals surface area contributed by atoms with Crippen molar-refractivity contribution in [1.29, 1.82) is 0 Å². The Morgan fingerprint density at radius 3 is 1.86 bits per heavy atom. The van der Waals surface area contributed by atoms with Gasteiger partial charge in [0.1, 0.15) is 15.9 Å². The molecule has 72 valence electrons. The standard InChI is InChI=1S/C8H10O4S.Na/c1-5-3-7(9)4-6(2)8(5)13(10,11)12;/h3-4,9H,1-2H3,(H,10,11,12);/q;+1/p-1. The smallest absolute Gasteiger partial charge is 0.744 e. The van der Waals surface area contributed by atoms with E-state index in [4.69, 9.17) is 5.11 Å². The fourth-order valence-electron chi connectivity index (χ4n) is 1.32. The number of aryl methyl sites for hydroxylation is 2. The summed E-state index contributed by atoms with van der Waals surface area (Å²) >= 11 is 0. The van der Waals surface area contributed by atoms with Gasteiger partial charge in [0, 0.05) is 0 Å². The van der Waals surface area contributed by atoms with Crippen LogP contribution in [0.1, 0.15) is 11.1 Å². The molecule has 0 aliphatic rings. The van der Waals surface area contributed by atoms with E-state index in [1.165, 1.54) is 26.0 Å². The zero-order chi connectivity index (χ0) is 10.2. The van der Waals surface area contributed by atoms with Crippen molar-refractivity contribution < 1.29 is 47.6 Å². The maximum atomic E-state index is 10.7. The average Bonchev–Trinajstić information content (AvgIpc) is 1.78. The molecule has 1 aromatic rings. The minimum absolute atomic E-state index is 0. The third-order valence-electron chi connectivity index (χ3n) is 1.70. The molecule has 1 aromatic carbocycles. The molecule has 0 aliphatic carbocycles. The number of hydrogen-bond donors (Lipinski definition) is 1. The van der Waals surface area contributed by atoms with Gasteiger partial charge in [-0.05, 0) is 37.1 Å². The van der Waals surface area contributed by atoms with Crippen LogP contribution in [0.5, 0.6) is 5.75 Å². The third-order valence-corrected chi connectivity index (χ3v) is 2.84. The van der Waals surface area contributed by atoms with E-state index in [0.717, 1.165) is 0 Å². The van der Waals surface area contributed by atoms with Crippen LogP contribution in [0, 0.1) is 13.8 Å². The Morgan fingerprint density at radius 1 is 1.21 bits per heavy atom. The van der Waals surface area contributed by atoms with Gasteiger partial charge in [-0.15, -0.1) is 0 Å². The second kappa shape index (κ2) is 4.63. The van der Waals surface area contributed by atoms with Crippen LogP contribution in [0.15, 0.2) is 17.0 Å². The Bertz CT molecular complexity index is 416. The molecule has 0 aliphatic heterocycles. The molecule has 0 aromatic heterocycles. The molecule has 1 N–H and O–H groups in total. The number of hydrogen-bond acceptors (Lipinski definition) is 4. The molecule has 0 saturated carbocycles. The number of phenolic OH excluding ortho intramolecular Hbond substituents is 1. The van der Waals surface area contributed by atoms with Crippen molar-refractivity contribution in [1.82, 2.24) is 0 Å². The topological polar surface area (TPSA) is 77.4 Å². The summed E-state index contributed by atoms with van der Waals surface area (Å²) in [5.74, 6) is -0.0394. The Hall–Kier alpha value is -0.0700. The molecule has 0 atom stereocenters. The maximum absolute atomic E-state index is 10.7. The van der Waals surface area contributed by atoms with Gasteiger partial charge in [0.15, 0.2) is 0 Å². The molecular weight excluding hydrogens is 215 g/mol. The summed E-state index contributed by atoms with van der Waals surface area (Å²) in [6.07, 6.45) is 0. The van der Waals surface area contributed by atoms with Gasteiger partial charge in [-0.2, -0.15) is 0 Å². The summed E-state index contributed by atoms with van der Waals surface area (Å²) < 4.78 is 32.2. The summed E-state index contributed by atoms with van der Waals surface area (Å²) in [4.78, 5) is -0.245. The van der Waals surface area contributed by atoms with Crippen molar-refractivity contribution >= 4 is 10.1 Å². The first-order chi connectivity index (χ1) is 5.82. The van der Waals surface area contributed by atoms with Crippen LogP contribution in [-0.2, 0) is 10.1 Å². The molecule has 0 unspecified atom stereocenters. The second-order valence-electron chi connectivity index (χ2n) is 2.86. The fourth-order valence-corrected chi connectivity index (χ4v) is 2.23. The van der Waals surface area contributed by atoms with Crippen molar-refractivity contribution in [2.45, 2.75) is 18.7 Å². The van der Waals surface area contributed by atoms with Gasteiger partial charge < -0.3 is 9.66 Å². The van der Waals surface area contributed by atoms with Crippen LogP contribution in [0.3, 0.4) is 0 Å². The summed E-state index contributed by atoms with van der Waals surface area (Å²) in [6.45, 7) is 2.94. The second-order valence-corrected chi connectivity index (χ2v) is 4.18. The van der Waals surface area contributed by atoms with E-state index >= 15 is 0 Å². The molecule has 0 amide bonds. The molecule has 4 nitrogen and oxygen atoms in total. The quantitative estimate of drug-likeness (QED) is 0.438. The van der Waals surface area contributed by atoms with Crippen LogP contribution in [-0.4, -0.2) is 18.1 Å². The number of benzene rings is 1. The van der Waals surface area contributed by atoms with Gasteiger partial charge in [0.2, 0.25) is 0 Å². The normalized spacial score (nSPS) is 10.8. The summed E-state index contributed by atoms with van der Waals surface area (Å²) in [5.41, 5.74) is 0.542. The van der Waals surface area contributed by atoms with Crippen molar-refractivity contribution in [3.63, 3.8) is 0 Å². The van der Waals surface area contributed by atoms with Crippen molar-refractivity contribution in [2.75, 3.05) is 0 Å². The van der Waals surface area contributed by atoms with E-state index in [9.17, 15) is 13.0 Å². The van der Waals surface area contributed by atoms with Crippen LogP contribution in [0.2, 0.25) is 0 Å². The van der Waals surface area contributed by atoms with Crippen LogP contribution in [0.25, 0.3) is 0 Å². The zero-order valence-electron chi connectivity index (χ0n) is 8.23. The molecule has 0 spiro atoms. The van der Waals surface area contributed by atoms with Crippen LogP contribution >= 0.6 is 0 Å². The van der Waals surface area contributed by atoms with Gasteiger partial charge >= 0.3 is 29.6 Å². The average molecular weight is 224 g/mol. The SMILES string of the molecule is Cc1cc(O)cc(C)c1S(=O)(=O)[O-].[Na+]. The van der Waals surface area contributed by atoms with Gasteiger partial charge in [-0.1, -0.05) is 0 Å². The number of aromatic hydroxyl groups is 1. The van der Waals surface area contributed by atoms with E-state index in [0.29, 0.717) is 0 Å². The minimum atomic E-state index is -4.44. The number of phenols is 1. The van der Waals surface area contributed by atoms with Crippen molar-refractivity contribution in [3.05, 3.63) is 23.3 Å². The molecule has 0 heterocycles. The molecular formula is C8H9NaO4S. The first-order valence-corrected chi connectivity index (χ1v) is 4.99. The first kappa shape index (κ1) is 13.9. The molecule has 14 heavy (non-hydrogen) atoms. The van der Waals surface area contributed by atoms with Gasteiger partial charge in [-0.25, -0.2) is 8.42 Å². The Labute approximate surface area is 105 Å². The van der Waals surface area contributed by atoms with Crippen LogP contribution in [0.4, 0.5) is 0 Å². The minimum Gasteiger partial charge on any atom is -0.744 e. The molecule has 0 bridgehead atoms. The molecule has 0 saturated heterocycles. The van der Waals surface area contributed by atoms with Gasteiger partial charge in [0.25, 0.3) is 0 Å². The monoisotopic (exact) mass is 224 g/mol. The fraction of sp³-hybridized carbons (Fsp3) is 0.250. The summed E-state index contributed by atoms with van der Waals surface area (Å²) in [5, 5.41) is 9.09. The summed E-state index contributed by atoms with van der Waals surface area (Å²) in [7, 11) is -4.44. The predicted octanol–water partition coefficient (Wildman–Crippen LogP) is -2.08. The van der Waals surface area contributed by atoms with E-state index < -0.39 is 10.1 Å². The molecule has 6 heteroatoms. The molecule has 0 radical (unpaired) electrons. The predicted molar refractivity (Wildman–Crippen MR) is 45.5 cm³/mol. The largest absolute Gasteiger partial charge is 1.00 e. The van der Waals surface area contributed by atoms with E-state index in [-0.39, 0.29) is 51.3 Å². The Morgan fingerprint density at radius 2 is 1.57 bits per heavy atom. The van der Waals surface area contributed by atoms with Crippen molar-refractivity contribution in [2.24, 2.45) is 0 Å². The first-order valence-electron chi connectivity index (χ1n) is 3.58. The molecule has 1 rings (SSSR count). The van der Waals surface area contributed by atoms with Gasteiger partial charge in [0.05, 0.1) is 4.90 Å². The van der Waals surface area contributed by atoms with Crippen LogP contribution < -0.4 is 29.6 Å². The zero-order valence-corrected chi connectivity index (χ0v) is 11.1.